The Morgan fingerprint density at radius 3 is 2.66 bits per heavy atom. The first kappa shape index (κ1) is 20.3. The van der Waals surface area contributed by atoms with Crippen LogP contribution in [0, 0.1) is 17.1 Å². The van der Waals surface area contributed by atoms with E-state index < -0.39 is 34.6 Å². The smallest absolute Gasteiger partial charge is 0.378 e. The van der Waals surface area contributed by atoms with Crippen molar-refractivity contribution in [2.24, 2.45) is 0 Å². The van der Waals surface area contributed by atoms with Gasteiger partial charge in [-0.2, -0.15) is 23.5 Å². The average Bonchev–Trinajstić information content (AvgIpc) is 3.02. The molecule has 0 saturated heterocycles. The van der Waals surface area contributed by atoms with Crippen molar-refractivity contribution < 1.29 is 27.5 Å². The summed E-state index contributed by atoms with van der Waals surface area (Å²) in [7, 11) is 0. The predicted octanol–water partition coefficient (Wildman–Crippen LogP) is 3.46. The molecule has 3 aromatic rings. The van der Waals surface area contributed by atoms with Crippen LogP contribution in [0.15, 0.2) is 42.6 Å². The maximum atomic E-state index is 13.3. The van der Waals surface area contributed by atoms with E-state index in [9.17, 15) is 27.5 Å². The highest BCUT2D eigenvalue weighted by molar-refractivity contribution is 5.97. The van der Waals surface area contributed by atoms with Crippen LogP contribution in [0.2, 0.25) is 0 Å². The van der Waals surface area contributed by atoms with Gasteiger partial charge in [-0.25, -0.2) is 4.39 Å². The van der Waals surface area contributed by atoms with Gasteiger partial charge < -0.3 is 10.4 Å². The largest absolute Gasteiger partial charge is 0.417 e. The van der Waals surface area contributed by atoms with Crippen LogP contribution in [-0.2, 0) is 17.5 Å². The lowest BCUT2D eigenvalue weighted by molar-refractivity contribution is -0.138. The maximum Gasteiger partial charge on any atom is 0.417 e. The highest BCUT2D eigenvalue weighted by Gasteiger charge is 2.35. The summed E-state index contributed by atoms with van der Waals surface area (Å²) in [5, 5.41) is 26.0. The summed E-state index contributed by atoms with van der Waals surface area (Å²) < 4.78 is 53.8. The fraction of sp³-hybridized carbons (Fsp3) is 0.211. The van der Waals surface area contributed by atoms with Crippen LogP contribution in [0.25, 0.3) is 10.9 Å². The number of nitrogens with zero attached hydrogens (tertiary/aromatic N) is 3. The first-order valence-electron chi connectivity index (χ1n) is 8.27. The molecule has 0 aliphatic rings. The summed E-state index contributed by atoms with van der Waals surface area (Å²) >= 11 is 0. The number of hydrogen-bond acceptors (Lipinski definition) is 4. The van der Waals surface area contributed by atoms with Gasteiger partial charge >= 0.3 is 6.18 Å². The second-order valence-electron chi connectivity index (χ2n) is 6.60. The van der Waals surface area contributed by atoms with Gasteiger partial charge in [-0.05, 0) is 43.3 Å². The number of nitriles is 1. The number of carbonyl (C=O) groups is 1. The molecule has 0 bridgehead atoms. The number of aliphatic hydroxyl groups is 1. The van der Waals surface area contributed by atoms with E-state index in [0.717, 1.165) is 12.1 Å². The van der Waals surface area contributed by atoms with Crippen molar-refractivity contribution in [3.8, 4) is 6.07 Å². The van der Waals surface area contributed by atoms with Crippen molar-refractivity contribution in [3.05, 3.63) is 59.5 Å². The maximum absolute atomic E-state index is 13.3. The van der Waals surface area contributed by atoms with Gasteiger partial charge in [0.25, 0.3) is 5.91 Å². The molecule has 3 rings (SSSR count). The van der Waals surface area contributed by atoms with Crippen LogP contribution in [0.5, 0.6) is 0 Å². The molecule has 150 valence electrons. The molecule has 10 heteroatoms. The minimum absolute atomic E-state index is 0.228. The van der Waals surface area contributed by atoms with Gasteiger partial charge in [-0.3, -0.25) is 9.48 Å². The van der Waals surface area contributed by atoms with E-state index in [2.05, 4.69) is 10.4 Å². The van der Waals surface area contributed by atoms with Crippen LogP contribution in [0.1, 0.15) is 18.1 Å². The van der Waals surface area contributed by atoms with E-state index >= 15 is 0 Å². The second kappa shape index (κ2) is 7.18. The molecule has 29 heavy (non-hydrogen) atoms. The van der Waals surface area contributed by atoms with Crippen molar-refractivity contribution in [2.75, 3.05) is 5.32 Å². The Hall–Kier alpha value is -3.45. The molecule has 0 spiro atoms. The molecule has 0 radical (unpaired) electrons. The number of alkyl halides is 3. The Labute approximate surface area is 162 Å². The van der Waals surface area contributed by atoms with Crippen LogP contribution in [0.4, 0.5) is 23.2 Å². The third-order valence-corrected chi connectivity index (χ3v) is 4.25. The van der Waals surface area contributed by atoms with E-state index in [1.165, 1.54) is 42.1 Å². The van der Waals surface area contributed by atoms with Gasteiger partial charge in [0.15, 0.2) is 5.60 Å². The number of benzene rings is 2. The number of fused-ring (bicyclic) bond motifs is 1. The zero-order valence-electron chi connectivity index (χ0n) is 15.0. The highest BCUT2D eigenvalue weighted by Crippen LogP contribution is 2.33. The van der Waals surface area contributed by atoms with E-state index in [-0.39, 0.29) is 12.2 Å². The number of carbonyl (C=O) groups excluding carboxylic acids is 1. The van der Waals surface area contributed by atoms with Crippen LogP contribution >= 0.6 is 0 Å². The summed E-state index contributed by atoms with van der Waals surface area (Å²) in [6, 6.07) is 8.00. The van der Waals surface area contributed by atoms with Crippen molar-refractivity contribution in [1.29, 1.82) is 5.26 Å². The first-order chi connectivity index (χ1) is 13.5. The summed E-state index contributed by atoms with van der Waals surface area (Å²) in [5.74, 6) is -1.44. The number of nitrogens with one attached hydrogen (secondary N) is 1. The molecule has 0 fully saturated rings. The summed E-state index contributed by atoms with van der Waals surface area (Å²) in [5.41, 5.74) is -3.58. The fourth-order valence-corrected chi connectivity index (χ4v) is 2.77. The minimum atomic E-state index is -4.78. The summed E-state index contributed by atoms with van der Waals surface area (Å²) in [4.78, 5) is 12.5. The summed E-state index contributed by atoms with van der Waals surface area (Å²) in [6.45, 7) is 0.851. The lowest BCUT2D eigenvalue weighted by Gasteiger charge is -2.23. The van der Waals surface area contributed by atoms with Gasteiger partial charge in [0, 0.05) is 11.1 Å². The third-order valence-electron chi connectivity index (χ3n) is 4.25. The van der Waals surface area contributed by atoms with Gasteiger partial charge in [0.05, 0.1) is 35.5 Å². The quantitative estimate of drug-likeness (QED) is 0.650. The Bertz CT molecular complexity index is 1130. The minimum Gasteiger partial charge on any atom is -0.378 e. The topological polar surface area (TPSA) is 90.9 Å². The third kappa shape index (κ3) is 4.20. The fourth-order valence-electron chi connectivity index (χ4n) is 2.77. The Balaban J connectivity index is 1.83. The number of halogens is 4. The molecule has 1 amide bonds. The molecule has 1 heterocycles. The van der Waals surface area contributed by atoms with E-state index in [4.69, 9.17) is 5.26 Å². The predicted molar refractivity (Wildman–Crippen MR) is 95.1 cm³/mol. The molecule has 0 saturated carbocycles. The Morgan fingerprint density at radius 1 is 1.28 bits per heavy atom. The van der Waals surface area contributed by atoms with Gasteiger partial charge in [-0.15, -0.1) is 0 Å². The number of hydrogen-bond donors (Lipinski definition) is 2. The second-order valence-corrected chi connectivity index (χ2v) is 6.60. The van der Waals surface area contributed by atoms with E-state index in [1.54, 1.807) is 0 Å². The SMILES string of the molecule is C[C@](O)(Cn1ncc2cc(F)ccc21)C(=O)Nc1ccc(C#N)c(C(F)(F)F)c1. The number of aromatic nitrogens is 2. The summed E-state index contributed by atoms with van der Waals surface area (Å²) in [6.07, 6.45) is -3.42. The first-order valence-corrected chi connectivity index (χ1v) is 8.27. The van der Waals surface area contributed by atoms with Crippen molar-refractivity contribution in [3.63, 3.8) is 0 Å². The monoisotopic (exact) mass is 406 g/mol. The lowest BCUT2D eigenvalue weighted by atomic mass is 10.0. The van der Waals surface area contributed by atoms with Crippen LogP contribution < -0.4 is 5.32 Å². The zero-order valence-corrected chi connectivity index (χ0v) is 15.0. The van der Waals surface area contributed by atoms with Crippen LogP contribution in [0.3, 0.4) is 0 Å². The molecule has 0 unspecified atom stereocenters. The van der Waals surface area contributed by atoms with Crippen molar-refractivity contribution >= 4 is 22.5 Å². The molecule has 2 aromatic carbocycles. The molecule has 6 nitrogen and oxygen atoms in total. The number of rotatable bonds is 4. The van der Waals surface area contributed by atoms with Crippen molar-refractivity contribution in [1.82, 2.24) is 9.78 Å². The zero-order chi connectivity index (χ0) is 21.4. The normalized spacial score (nSPS) is 13.7. The molecule has 1 atom stereocenters. The molecular weight excluding hydrogens is 392 g/mol. The van der Waals surface area contributed by atoms with Gasteiger partial charge in [0.1, 0.15) is 5.82 Å². The van der Waals surface area contributed by atoms with E-state index in [0.29, 0.717) is 17.0 Å². The average molecular weight is 406 g/mol. The van der Waals surface area contributed by atoms with Gasteiger partial charge in [-0.1, -0.05) is 0 Å². The Kier molecular flexibility index (Phi) is 5.02. The number of amides is 1. The Morgan fingerprint density at radius 2 is 2.00 bits per heavy atom. The van der Waals surface area contributed by atoms with E-state index in [1.807, 2.05) is 0 Å². The molecule has 1 aromatic heterocycles. The molecule has 2 N–H and O–H groups in total. The molecule has 0 aliphatic carbocycles. The molecular formula is C19H14F4N4O2. The lowest BCUT2D eigenvalue weighted by Crippen LogP contribution is -2.44. The van der Waals surface area contributed by atoms with Crippen molar-refractivity contribution in [2.45, 2.75) is 25.2 Å². The standard InChI is InChI=1S/C19H14F4N4O2/c1-18(29,10-27-16-5-3-13(20)6-12(16)9-25-27)17(28)26-14-4-2-11(8-24)15(7-14)19(21,22)23/h2-7,9,29H,10H2,1H3,(H,26,28)/t18-/m0/s1. The highest BCUT2D eigenvalue weighted by atomic mass is 19.4. The molecule has 0 aliphatic heterocycles. The van der Waals surface area contributed by atoms with Crippen LogP contribution in [-0.4, -0.2) is 26.4 Å². The van der Waals surface area contributed by atoms with Gasteiger partial charge in [0.2, 0.25) is 0 Å². The number of anilines is 1.